The molecule has 0 bridgehead atoms. The lowest BCUT2D eigenvalue weighted by atomic mass is 10.2. The fourth-order valence-electron chi connectivity index (χ4n) is 0.750. The van der Waals surface area contributed by atoms with Gasteiger partial charge in [0.15, 0.2) is 10.7 Å². The van der Waals surface area contributed by atoms with Gasteiger partial charge in [-0.3, -0.25) is 0 Å². The summed E-state index contributed by atoms with van der Waals surface area (Å²) < 4.78 is 0. The number of nitriles is 1. The molecule has 1 atom stereocenters. The smallest absolute Gasteiger partial charge is 0.165 e. The Morgan fingerprint density at radius 3 is 2.85 bits per heavy atom. The van der Waals surface area contributed by atoms with E-state index in [1.54, 1.807) is 6.07 Å². The van der Waals surface area contributed by atoms with Gasteiger partial charge in [-0.05, 0) is 6.07 Å². The van der Waals surface area contributed by atoms with Crippen molar-refractivity contribution in [2.45, 2.75) is 5.01 Å². The molecule has 68 valence electrons. The van der Waals surface area contributed by atoms with Crippen molar-refractivity contribution in [2.75, 3.05) is 5.73 Å². The van der Waals surface area contributed by atoms with Crippen LogP contribution in [0.1, 0.15) is 16.4 Å². The lowest BCUT2D eigenvalue weighted by Crippen LogP contribution is -2.00. The van der Waals surface area contributed by atoms with Crippen molar-refractivity contribution in [2.24, 2.45) is 0 Å². The van der Waals surface area contributed by atoms with Gasteiger partial charge in [-0.1, -0.05) is 27.5 Å². The van der Waals surface area contributed by atoms with Crippen LogP contribution >= 0.6 is 27.5 Å². The van der Waals surface area contributed by atoms with E-state index < -0.39 is 5.01 Å². The molecule has 0 amide bonds. The van der Waals surface area contributed by atoms with Crippen LogP contribution in [0.3, 0.4) is 0 Å². The first kappa shape index (κ1) is 10.3. The number of halogens is 2. The van der Waals surface area contributed by atoms with Gasteiger partial charge in [-0.25, -0.2) is 4.98 Å². The minimum atomic E-state index is -0.947. The van der Waals surface area contributed by atoms with E-state index in [2.05, 4.69) is 20.9 Å². The number of aromatic nitrogens is 1. The average molecular weight is 262 g/mol. The fraction of sp³-hybridized carbons (Fsp3) is 0.143. The number of nitrogens with two attached hydrogens (primary N) is 1. The van der Waals surface area contributed by atoms with Crippen molar-refractivity contribution in [3.05, 3.63) is 22.5 Å². The maximum absolute atomic E-state index is 9.10. The molecule has 1 unspecified atom stereocenters. The zero-order chi connectivity index (χ0) is 10.0. The monoisotopic (exact) mass is 261 g/mol. The number of alkyl halides is 1. The van der Waals surface area contributed by atoms with Crippen LogP contribution in [-0.2, 0) is 0 Å². The number of hydrogen-bond acceptors (Lipinski definition) is 4. The summed E-state index contributed by atoms with van der Waals surface area (Å²) in [5.74, 6) is 0. The summed E-state index contributed by atoms with van der Waals surface area (Å²) in [6.07, 6.45) is 0. The summed E-state index contributed by atoms with van der Waals surface area (Å²) in [5, 5.41) is 17.0. The molecule has 0 aromatic carbocycles. The number of nitrogen functional groups attached to an aromatic ring is 1. The summed E-state index contributed by atoms with van der Waals surface area (Å²) in [5.41, 5.74) is 5.85. The Bertz CT molecular complexity index is 375. The van der Waals surface area contributed by atoms with Crippen LogP contribution in [-0.4, -0.2) is 10.1 Å². The Morgan fingerprint density at radius 1 is 1.77 bits per heavy atom. The standard InChI is InChI=1S/C7H5BrClN3O/c8-7(13)4-1-3(9)6(11)5(2-10)12-4/h1,7,13H,11H2. The van der Waals surface area contributed by atoms with E-state index in [9.17, 15) is 0 Å². The maximum atomic E-state index is 9.10. The molecule has 13 heavy (non-hydrogen) atoms. The van der Waals surface area contributed by atoms with E-state index in [-0.39, 0.29) is 22.1 Å². The summed E-state index contributed by atoms with van der Waals surface area (Å²) in [6, 6.07) is 3.18. The van der Waals surface area contributed by atoms with Gasteiger partial charge in [-0.15, -0.1) is 0 Å². The van der Waals surface area contributed by atoms with Crippen molar-refractivity contribution in [3.63, 3.8) is 0 Å². The Kier molecular flexibility index (Phi) is 3.09. The Labute approximate surface area is 88.1 Å². The number of anilines is 1. The van der Waals surface area contributed by atoms with Gasteiger partial charge in [-0.2, -0.15) is 5.26 Å². The minimum absolute atomic E-state index is 0.0148. The van der Waals surface area contributed by atoms with Crippen molar-refractivity contribution in [3.8, 4) is 6.07 Å². The molecule has 0 saturated heterocycles. The second kappa shape index (κ2) is 3.92. The molecular weight excluding hydrogens is 257 g/mol. The highest BCUT2D eigenvalue weighted by Crippen LogP contribution is 2.26. The Morgan fingerprint density at radius 2 is 2.38 bits per heavy atom. The van der Waals surface area contributed by atoms with E-state index >= 15 is 0 Å². The molecule has 4 nitrogen and oxygen atoms in total. The van der Waals surface area contributed by atoms with Gasteiger partial charge in [0.2, 0.25) is 0 Å². The van der Waals surface area contributed by atoms with Crippen molar-refractivity contribution in [1.82, 2.24) is 4.98 Å². The molecule has 1 rings (SSSR count). The largest absolute Gasteiger partial charge is 0.395 e. The average Bonchev–Trinajstić information content (AvgIpc) is 2.09. The van der Waals surface area contributed by atoms with Gasteiger partial charge in [0.25, 0.3) is 0 Å². The second-order valence-electron chi connectivity index (χ2n) is 2.24. The predicted octanol–water partition coefficient (Wildman–Crippen LogP) is 1.57. The Balaban J connectivity index is 3.32. The zero-order valence-corrected chi connectivity index (χ0v) is 8.67. The van der Waals surface area contributed by atoms with Crippen molar-refractivity contribution >= 4 is 33.2 Å². The van der Waals surface area contributed by atoms with E-state index in [4.69, 9.17) is 27.7 Å². The second-order valence-corrected chi connectivity index (χ2v) is 3.51. The summed E-state index contributed by atoms with van der Waals surface area (Å²) in [6.45, 7) is 0. The van der Waals surface area contributed by atoms with Crippen LogP contribution in [0.15, 0.2) is 6.07 Å². The predicted molar refractivity (Wildman–Crippen MR) is 52.3 cm³/mol. The fourth-order valence-corrected chi connectivity index (χ4v) is 1.19. The molecule has 1 aromatic heterocycles. The number of aliphatic hydroxyl groups excluding tert-OH is 1. The van der Waals surface area contributed by atoms with Crippen LogP contribution in [0, 0.1) is 11.3 Å². The maximum Gasteiger partial charge on any atom is 0.165 e. The molecule has 0 fully saturated rings. The molecule has 0 saturated carbocycles. The highest BCUT2D eigenvalue weighted by Gasteiger charge is 2.11. The van der Waals surface area contributed by atoms with E-state index in [1.165, 1.54) is 6.07 Å². The number of hydrogen-bond donors (Lipinski definition) is 2. The first-order chi connectivity index (χ1) is 6.06. The summed E-state index contributed by atoms with van der Waals surface area (Å²) >= 11 is 8.58. The van der Waals surface area contributed by atoms with E-state index in [0.717, 1.165) is 0 Å². The zero-order valence-electron chi connectivity index (χ0n) is 6.33. The van der Waals surface area contributed by atoms with Gasteiger partial charge >= 0.3 is 0 Å². The lowest BCUT2D eigenvalue weighted by Gasteiger charge is -2.05. The number of aliphatic hydroxyl groups is 1. The van der Waals surface area contributed by atoms with Crippen LogP contribution in [0.25, 0.3) is 0 Å². The minimum Gasteiger partial charge on any atom is -0.395 e. The van der Waals surface area contributed by atoms with Crippen LogP contribution in [0.2, 0.25) is 5.02 Å². The van der Waals surface area contributed by atoms with Crippen LogP contribution in [0.5, 0.6) is 0 Å². The normalized spacial score (nSPS) is 12.2. The van der Waals surface area contributed by atoms with Crippen LogP contribution in [0.4, 0.5) is 5.69 Å². The molecule has 0 aliphatic carbocycles. The molecular formula is C7H5BrClN3O. The van der Waals surface area contributed by atoms with Crippen LogP contribution < -0.4 is 5.73 Å². The summed E-state index contributed by atoms with van der Waals surface area (Å²) in [4.78, 5) is 3.78. The molecule has 1 heterocycles. The molecule has 6 heteroatoms. The molecule has 0 spiro atoms. The quantitative estimate of drug-likeness (QED) is 0.753. The Hall–Kier alpha value is -0.830. The molecule has 0 radical (unpaired) electrons. The first-order valence-electron chi connectivity index (χ1n) is 3.24. The molecule has 3 N–H and O–H groups in total. The highest BCUT2D eigenvalue weighted by molar-refractivity contribution is 9.09. The lowest BCUT2D eigenvalue weighted by molar-refractivity contribution is 0.272. The van der Waals surface area contributed by atoms with Gasteiger partial charge in [0.1, 0.15) is 6.07 Å². The molecule has 0 aliphatic heterocycles. The first-order valence-corrected chi connectivity index (χ1v) is 4.53. The van der Waals surface area contributed by atoms with Gasteiger partial charge in [0, 0.05) is 0 Å². The van der Waals surface area contributed by atoms with Crippen molar-refractivity contribution < 1.29 is 5.11 Å². The third-order valence-corrected chi connectivity index (χ3v) is 2.16. The number of nitrogens with zero attached hydrogens (tertiary/aromatic N) is 2. The van der Waals surface area contributed by atoms with E-state index in [1.807, 2.05) is 0 Å². The van der Waals surface area contributed by atoms with Crippen molar-refractivity contribution in [1.29, 1.82) is 5.26 Å². The highest BCUT2D eigenvalue weighted by atomic mass is 79.9. The number of rotatable bonds is 1. The SMILES string of the molecule is N#Cc1nc(C(O)Br)cc(Cl)c1N. The van der Waals surface area contributed by atoms with Gasteiger partial charge < -0.3 is 10.8 Å². The third kappa shape index (κ3) is 2.10. The molecule has 1 aromatic rings. The van der Waals surface area contributed by atoms with Gasteiger partial charge in [0.05, 0.1) is 16.4 Å². The topological polar surface area (TPSA) is 82.9 Å². The number of pyridine rings is 1. The third-order valence-electron chi connectivity index (χ3n) is 1.38. The summed E-state index contributed by atoms with van der Waals surface area (Å²) in [7, 11) is 0. The van der Waals surface area contributed by atoms with E-state index in [0.29, 0.717) is 0 Å². The molecule has 0 aliphatic rings.